The van der Waals surface area contributed by atoms with Crippen molar-refractivity contribution in [2.45, 2.75) is 56.7 Å². The summed E-state index contributed by atoms with van der Waals surface area (Å²) in [5.74, 6) is -0.456. The van der Waals surface area contributed by atoms with E-state index in [2.05, 4.69) is 5.10 Å². The molecule has 2 saturated carbocycles. The Labute approximate surface area is 171 Å². The van der Waals surface area contributed by atoms with Gasteiger partial charge in [0.2, 0.25) is 5.91 Å². The van der Waals surface area contributed by atoms with Crippen LogP contribution in [0, 0.1) is 0 Å². The van der Waals surface area contributed by atoms with Gasteiger partial charge in [0.1, 0.15) is 12.2 Å². The van der Waals surface area contributed by atoms with Crippen LogP contribution in [0.4, 0.5) is 13.2 Å². The Balaban J connectivity index is 1.41. The Morgan fingerprint density at radius 1 is 1.03 bits per heavy atom. The fourth-order valence-corrected chi connectivity index (χ4v) is 4.71. The highest BCUT2D eigenvalue weighted by molar-refractivity contribution is 5.96. The zero-order valence-electron chi connectivity index (χ0n) is 16.5. The second-order valence-electron chi connectivity index (χ2n) is 8.56. The number of rotatable bonds is 3. The number of halogens is 3. The molecule has 30 heavy (non-hydrogen) atoms. The molecule has 0 aromatic carbocycles. The summed E-state index contributed by atoms with van der Waals surface area (Å²) in [4.78, 5) is 28.7. The Hall–Kier alpha value is -2.58. The van der Waals surface area contributed by atoms with E-state index in [1.807, 2.05) is 4.90 Å². The van der Waals surface area contributed by atoms with E-state index < -0.39 is 17.8 Å². The van der Waals surface area contributed by atoms with Crippen LogP contribution in [-0.2, 0) is 11.0 Å². The predicted octanol–water partition coefficient (Wildman–Crippen LogP) is 3.46. The van der Waals surface area contributed by atoms with Gasteiger partial charge in [-0.25, -0.2) is 4.52 Å². The Bertz CT molecular complexity index is 1010. The molecule has 1 aliphatic heterocycles. The molecule has 3 heterocycles. The van der Waals surface area contributed by atoms with Crippen molar-refractivity contribution < 1.29 is 22.8 Å². The SMILES string of the molecule is O=C(c1cc2cc(C3CC3)cc(C(F)(F)F)n2n1)N1CCN(C2CCCC2)C(=O)C1. The third-order valence-corrected chi connectivity index (χ3v) is 6.45. The fraction of sp³-hybridized carbons (Fsp3) is 0.571. The molecule has 0 radical (unpaired) electrons. The van der Waals surface area contributed by atoms with Gasteiger partial charge in [-0.1, -0.05) is 12.8 Å². The second kappa shape index (κ2) is 6.99. The molecule has 9 heteroatoms. The van der Waals surface area contributed by atoms with Crippen molar-refractivity contribution in [3.63, 3.8) is 0 Å². The standard InChI is InChI=1S/C21H23F3N4O2/c22-21(23,24)18-10-14(13-5-6-13)9-16-11-17(25-28(16)18)20(30)26-7-8-27(19(29)12-26)15-3-1-2-4-15/h9-11,13,15H,1-8,12H2. The van der Waals surface area contributed by atoms with Gasteiger partial charge in [-0.15, -0.1) is 0 Å². The van der Waals surface area contributed by atoms with E-state index in [4.69, 9.17) is 0 Å². The van der Waals surface area contributed by atoms with E-state index in [0.717, 1.165) is 49.1 Å². The summed E-state index contributed by atoms with van der Waals surface area (Å²) in [5, 5.41) is 3.98. The number of hydrogen-bond donors (Lipinski definition) is 0. The molecule has 1 saturated heterocycles. The van der Waals surface area contributed by atoms with Crippen molar-refractivity contribution in [2.75, 3.05) is 19.6 Å². The largest absolute Gasteiger partial charge is 0.433 e. The summed E-state index contributed by atoms with van der Waals surface area (Å²) in [5.41, 5.74) is -0.0429. The lowest BCUT2D eigenvalue weighted by molar-refractivity contribution is -0.142. The number of piperazine rings is 1. The number of amides is 2. The highest BCUT2D eigenvalue weighted by Crippen LogP contribution is 2.42. The number of hydrogen-bond acceptors (Lipinski definition) is 3. The molecule has 0 N–H and O–H groups in total. The minimum absolute atomic E-state index is 0.0529. The third kappa shape index (κ3) is 3.44. The summed E-state index contributed by atoms with van der Waals surface area (Å²) >= 11 is 0. The van der Waals surface area contributed by atoms with Crippen LogP contribution < -0.4 is 0 Å². The van der Waals surface area contributed by atoms with Crippen LogP contribution >= 0.6 is 0 Å². The maximum Gasteiger partial charge on any atom is 0.433 e. The van der Waals surface area contributed by atoms with Gasteiger partial charge in [0.05, 0.1) is 5.52 Å². The summed E-state index contributed by atoms with van der Waals surface area (Å²) in [7, 11) is 0. The van der Waals surface area contributed by atoms with E-state index in [9.17, 15) is 22.8 Å². The molecule has 2 aromatic rings. The molecule has 0 atom stereocenters. The maximum absolute atomic E-state index is 13.6. The van der Waals surface area contributed by atoms with Gasteiger partial charge < -0.3 is 9.80 Å². The van der Waals surface area contributed by atoms with E-state index in [-0.39, 0.29) is 35.6 Å². The second-order valence-corrected chi connectivity index (χ2v) is 8.56. The number of fused-ring (bicyclic) bond motifs is 1. The van der Waals surface area contributed by atoms with E-state index in [1.165, 1.54) is 11.0 Å². The van der Waals surface area contributed by atoms with Gasteiger partial charge in [-0.05, 0) is 55.4 Å². The molecule has 0 unspecified atom stereocenters. The average Bonchev–Trinajstić information content (AvgIpc) is 3.23. The highest BCUT2D eigenvalue weighted by atomic mass is 19.4. The van der Waals surface area contributed by atoms with E-state index in [0.29, 0.717) is 18.7 Å². The topological polar surface area (TPSA) is 57.9 Å². The van der Waals surface area contributed by atoms with Crippen molar-refractivity contribution in [1.29, 1.82) is 0 Å². The summed E-state index contributed by atoms with van der Waals surface area (Å²) in [6, 6.07) is 4.47. The highest BCUT2D eigenvalue weighted by Gasteiger charge is 2.38. The minimum Gasteiger partial charge on any atom is -0.336 e. The van der Waals surface area contributed by atoms with Crippen LogP contribution in [0.5, 0.6) is 0 Å². The van der Waals surface area contributed by atoms with Gasteiger partial charge in [0.15, 0.2) is 5.69 Å². The summed E-state index contributed by atoms with van der Waals surface area (Å²) in [6.07, 6.45) is 1.40. The molecular formula is C21H23F3N4O2. The number of pyridine rings is 1. The molecule has 2 aromatic heterocycles. The first-order valence-electron chi connectivity index (χ1n) is 10.5. The molecule has 3 aliphatic rings. The van der Waals surface area contributed by atoms with Crippen molar-refractivity contribution in [1.82, 2.24) is 19.4 Å². The monoisotopic (exact) mass is 420 g/mol. The van der Waals surface area contributed by atoms with Crippen molar-refractivity contribution in [3.05, 3.63) is 35.2 Å². The quantitative estimate of drug-likeness (QED) is 0.764. The molecule has 6 nitrogen and oxygen atoms in total. The van der Waals surface area contributed by atoms with Crippen LogP contribution in [0.2, 0.25) is 0 Å². The molecule has 160 valence electrons. The first-order valence-corrected chi connectivity index (χ1v) is 10.5. The van der Waals surface area contributed by atoms with Gasteiger partial charge >= 0.3 is 6.18 Å². The van der Waals surface area contributed by atoms with Gasteiger partial charge in [0.25, 0.3) is 5.91 Å². The fourth-order valence-electron chi connectivity index (χ4n) is 4.71. The first kappa shape index (κ1) is 19.4. The number of alkyl halides is 3. The molecule has 0 bridgehead atoms. The van der Waals surface area contributed by atoms with Crippen LogP contribution in [0.15, 0.2) is 18.2 Å². The Morgan fingerprint density at radius 3 is 2.40 bits per heavy atom. The summed E-state index contributed by atoms with van der Waals surface area (Å²) < 4.78 is 41.5. The smallest absolute Gasteiger partial charge is 0.336 e. The predicted molar refractivity (Wildman–Crippen MR) is 102 cm³/mol. The third-order valence-electron chi connectivity index (χ3n) is 6.45. The lowest BCUT2D eigenvalue weighted by Crippen LogP contribution is -2.55. The minimum atomic E-state index is -4.57. The van der Waals surface area contributed by atoms with Gasteiger partial charge in [0, 0.05) is 19.1 Å². The number of carbonyl (C=O) groups excluding carboxylic acids is 2. The van der Waals surface area contributed by atoms with Gasteiger partial charge in [-0.2, -0.15) is 18.3 Å². The number of nitrogens with zero attached hydrogens (tertiary/aromatic N) is 4. The average molecular weight is 420 g/mol. The van der Waals surface area contributed by atoms with Crippen LogP contribution in [0.25, 0.3) is 5.52 Å². The molecule has 2 amide bonds. The Kier molecular flexibility index (Phi) is 4.52. The Morgan fingerprint density at radius 2 is 1.77 bits per heavy atom. The zero-order valence-corrected chi connectivity index (χ0v) is 16.5. The van der Waals surface area contributed by atoms with Crippen molar-refractivity contribution in [3.8, 4) is 0 Å². The molecule has 0 spiro atoms. The van der Waals surface area contributed by atoms with Crippen molar-refractivity contribution >= 4 is 17.3 Å². The molecule has 5 rings (SSSR count). The molecule has 2 aliphatic carbocycles. The number of carbonyl (C=O) groups is 2. The lowest BCUT2D eigenvalue weighted by atomic mass is 10.1. The van der Waals surface area contributed by atoms with Crippen LogP contribution in [0.3, 0.4) is 0 Å². The molecular weight excluding hydrogens is 397 g/mol. The van der Waals surface area contributed by atoms with Crippen LogP contribution in [0.1, 0.15) is 66.2 Å². The first-order chi connectivity index (χ1) is 14.3. The normalized spacial score (nSPS) is 21.1. The van der Waals surface area contributed by atoms with Crippen LogP contribution in [-0.4, -0.2) is 56.9 Å². The van der Waals surface area contributed by atoms with E-state index >= 15 is 0 Å². The molecule has 3 fully saturated rings. The maximum atomic E-state index is 13.6. The number of aromatic nitrogens is 2. The summed E-state index contributed by atoms with van der Waals surface area (Å²) in [6.45, 7) is 0.777. The zero-order chi connectivity index (χ0) is 21.0. The van der Waals surface area contributed by atoms with Crippen molar-refractivity contribution in [2.24, 2.45) is 0 Å². The lowest BCUT2D eigenvalue weighted by Gasteiger charge is -2.37. The van der Waals surface area contributed by atoms with E-state index in [1.54, 1.807) is 6.07 Å². The van der Waals surface area contributed by atoms with Gasteiger partial charge in [-0.3, -0.25) is 9.59 Å².